The standard InChI is InChI=1S/C18H21N5O/c24-18-17(20-8-9-21-18)23-10-2-5-15(12-23)22-11-14-4-1-3-13-6-7-19-16(13)14/h1,3-4,6-9,15,19,22H,2,5,10-12H2,(H,21,24). The van der Waals surface area contributed by atoms with Crippen molar-refractivity contribution >= 4 is 16.7 Å². The lowest BCUT2D eigenvalue weighted by atomic mass is 10.0. The topological polar surface area (TPSA) is 76.8 Å². The first-order chi connectivity index (χ1) is 11.8. The molecule has 3 heterocycles. The van der Waals surface area contributed by atoms with Crippen LogP contribution in [-0.4, -0.2) is 34.1 Å². The number of nitrogens with one attached hydrogen (secondary N) is 3. The zero-order valence-corrected chi connectivity index (χ0v) is 13.5. The lowest BCUT2D eigenvalue weighted by Crippen LogP contribution is -2.47. The number of para-hydroxylation sites is 1. The van der Waals surface area contributed by atoms with E-state index >= 15 is 0 Å². The fourth-order valence-corrected chi connectivity index (χ4v) is 3.46. The average Bonchev–Trinajstić information content (AvgIpc) is 3.10. The van der Waals surface area contributed by atoms with Gasteiger partial charge < -0.3 is 20.2 Å². The molecule has 2 aromatic heterocycles. The highest BCUT2D eigenvalue weighted by atomic mass is 16.1. The van der Waals surface area contributed by atoms with Crippen LogP contribution in [0.1, 0.15) is 18.4 Å². The molecule has 6 heteroatoms. The molecule has 1 aliphatic heterocycles. The van der Waals surface area contributed by atoms with Gasteiger partial charge in [-0.1, -0.05) is 18.2 Å². The second-order valence-electron chi connectivity index (χ2n) is 6.27. The zero-order chi connectivity index (χ0) is 16.4. The number of aromatic amines is 2. The number of piperidine rings is 1. The first kappa shape index (κ1) is 15.0. The summed E-state index contributed by atoms with van der Waals surface area (Å²) < 4.78 is 0. The summed E-state index contributed by atoms with van der Waals surface area (Å²) in [5.41, 5.74) is 2.35. The van der Waals surface area contributed by atoms with E-state index in [0.717, 1.165) is 32.5 Å². The summed E-state index contributed by atoms with van der Waals surface area (Å²) in [5.74, 6) is 0.524. The van der Waals surface area contributed by atoms with E-state index in [-0.39, 0.29) is 5.56 Å². The number of rotatable bonds is 4. The highest BCUT2D eigenvalue weighted by Crippen LogP contribution is 2.18. The van der Waals surface area contributed by atoms with Crippen LogP contribution in [0.25, 0.3) is 10.9 Å². The highest BCUT2D eigenvalue weighted by molar-refractivity contribution is 5.82. The SMILES string of the molecule is O=c1[nH]ccnc1N1CCCC(NCc2cccc3cc[nH]c23)C1. The average molecular weight is 323 g/mol. The van der Waals surface area contributed by atoms with Crippen molar-refractivity contribution in [2.45, 2.75) is 25.4 Å². The monoisotopic (exact) mass is 323 g/mol. The van der Waals surface area contributed by atoms with Crippen molar-refractivity contribution in [3.8, 4) is 0 Å². The summed E-state index contributed by atoms with van der Waals surface area (Å²) >= 11 is 0. The molecule has 4 rings (SSSR count). The van der Waals surface area contributed by atoms with Crippen molar-refractivity contribution in [3.63, 3.8) is 0 Å². The van der Waals surface area contributed by atoms with Gasteiger partial charge in [0.15, 0.2) is 5.82 Å². The van der Waals surface area contributed by atoms with Crippen molar-refractivity contribution < 1.29 is 0 Å². The molecule has 1 atom stereocenters. The maximum atomic E-state index is 11.9. The van der Waals surface area contributed by atoms with Crippen molar-refractivity contribution in [2.24, 2.45) is 0 Å². The van der Waals surface area contributed by atoms with E-state index in [1.807, 2.05) is 6.20 Å². The predicted octanol–water partition coefficient (Wildman–Crippen LogP) is 2.01. The number of fused-ring (bicyclic) bond motifs is 1. The zero-order valence-electron chi connectivity index (χ0n) is 13.5. The van der Waals surface area contributed by atoms with Gasteiger partial charge in [-0.2, -0.15) is 0 Å². The first-order valence-electron chi connectivity index (χ1n) is 8.38. The Morgan fingerprint density at radius 2 is 2.21 bits per heavy atom. The molecular formula is C18H21N5O. The van der Waals surface area contributed by atoms with Crippen LogP contribution in [0.4, 0.5) is 5.82 Å². The Balaban J connectivity index is 1.45. The van der Waals surface area contributed by atoms with Crippen LogP contribution in [0, 0.1) is 0 Å². The summed E-state index contributed by atoms with van der Waals surface area (Å²) in [6.07, 6.45) is 7.36. The molecule has 0 amide bonds. The third-order valence-corrected chi connectivity index (χ3v) is 4.66. The molecule has 1 aliphatic rings. The van der Waals surface area contributed by atoms with Crippen LogP contribution in [0.2, 0.25) is 0 Å². The molecule has 3 N–H and O–H groups in total. The number of nitrogens with zero attached hydrogens (tertiary/aromatic N) is 2. The fourth-order valence-electron chi connectivity index (χ4n) is 3.46. The smallest absolute Gasteiger partial charge is 0.290 e. The van der Waals surface area contributed by atoms with E-state index < -0.39 is 0 Å². The molecule has 1 saturated heterocycles. The van der Waals surface area contributed by atoms with E-state index in [4.69, 9.17) is 0 Å². The molecule has 1 unspecified atom stereocenters. The number of anilines is 1. The molecule has 124 valence electrons. The Morgan fingerprint density at radius 3 is 3.12 bits per heavy atom. The van der Waals surface area contributed by atoms with Gasteiger partial charge in [0.2, 0.25) is 0 Å². The molecule has 3 aromatic rings. The number of H-pyrrole nitrogens is 2. The fraction of sp³-hybridized carbons (Fsp3) is 0.333. The van der Waals surface area contributed by atoms with Crippen molar-refractivity contribution in [2.75, 3.05) is 18.0 Å². The molecule has 24 heavy (non-hydrogen) atoms. The number of hydrogen-bond donors (Lipinski definition) is 3. The van der Waals surface area contributed by atoms with Gasteiger partial charge in [-0.15, -0.1) is 0 Å². The van der Waals surface area contributed by atoms with Gasteiger partial charge in [0.05, 0.1) is 0 Å². The minimum atomic E-state index is -0.116. The van der Waals surface area contributed by atoms with Crippen molar-refractivity contribution in [1.29, 1.82) is 0 Å². The van der Waals surface area contributed by atoms with Gasteiger partial charge >= 0.3 is 0 Å². The molecular weight excluding hydrogens is 302 g/mol. The van der Waals surface area contributed by atoms with E-state index in [0.29, 0.717) is 11.9 Å². The molecule has 0 saturated carbocycles. The van der Waals surface area contributed by atoms with Gasteiger partial charge in [0, 0.05) is 49.8 Å². The maximum absolute atomic E-state index is 11.9. The minimum Gasteiger partial charge on any atom is -0.361 e. The molecule has 6 nitrogen and oxygen atoms in total. The molecule has 0 aliphatic carbocycles. The van der Waals surface area contributed by atoms with Gasteiger partial charge in [0.1, 0.15) is 0 Å². The Hall–Kier alpha value is -2.60. The summed E-state index contributed by atoms with van der Waals surface area (Å²) in [5, 5.41) is 4.87. The lowest BCUT2D eigenvalue weighted by Gasteiger charge is -2.33. The number of hydrogen-bond acceptors (Lipinski definition) is 4. The number of aromatic nitrogens is 3. The van der Waals surface area contributed by atoms with E-state index in [2.05, 4.69) is 49.4 Å². The molecule has 1 aromatic carbocycles. The Bertz CT molecular complexity index is 884. The summed E-state index contributed by atoms with van der Waals surface area (Å²) in [7, 11) is 0. The Kier molecular flexibility index (Phi) is 4.04. The van der Waals surface area contributed by atoms with Crippen LogP contribution in [0.5, 0.6) is 0 Å². The van der Waals surface area contributed by atoms with Crippen LogP contribution in [0.3, 0.4) is 0 Å². The maximum Gasteiger partial charge on any atom is 0.290 e. The summed E-state index contributed by atoms with van der Waals surface area (Å²) in [6.45, 7) is 2.50. The van der Waals surface area contributed by atoms with Crippen LogP contribution >= 0.6 is 0 Å². The van der Waals surface area contributed by atoms with Gasteiger partial charge in [0.25, 0.3) is 5.56 Å². The Labute approximate surface area is 139 Å². The quantitative estimate of drug-likeness (QED) is 0.686. The third kappa shape index (κ3) is 2.92. The van der Waals surface area contributed by atoms with Crippen LogP contribution in [0.15, 0.2) is 47.7 Å². The second kappa shape index (κ2) is 6.49. The molecule has 0 radical (unpaired) electrons. The lowest BCUT2D eigenvalue weighted by molar-refractivity contribution is 0.420. The van der Waals surface area contributed by atoms with Crippen LogP contribution in [-0.2, 0) is 6.54 Å². The molecule has 0 spiro atoms. The summed E-state index contributed by atoms with van der Waals surface area (Å²) in [4.78, 5) is 24.3. The van der Waals surface area contributed by atoms with Crippen molar-refractivity contribution in [1.82, 2.24) is 20.3 Å². The molecule has 1 fully saturated rings. The first-order valence-corrected chi connectivity index (χ1v) is 8.38. The second-order valence-corrected chi connectivity index (χ2v) is 6.27. The predicted molar refractivity (Wildman–Crippen MR) is 95.2 cm³/mol. The molecule has 0 bridgehead atoms. The van der Waals surface area contributed by atoms with E-state index in [1.165, 1.54) is 16.5 Å². The number of benzene rings is 1. The van der Waals surface area contributed by atoms with Crippen molar-refractivity contribution in [3.05, 3.63) is 58.8 Å². The minimum absolute atomic E-state index is 0.116. The van der Waals surface area contributed by atoms with E-state index in [9.17, 15) is 4.79 Å². The third-order valence-electron chi connectivity index (χ3n) is 4.66. The van der Waals surface area contributed by atoms with Crippen LogP contribution < -0.4 is 15.8 Å². The Morgan fingerprint density at radius 1 is 1.25 bits per heavy atom. The van der Waals surface area contributed by atoms with Gasteiger partial charge in [-0.05, 0) is 29.9 Å². The van der Waals surface area contributed by atoms with E-state index in [1.54, 1.807) is 12.4 Å². The van der Waals surface area contributed by atoms with Gasteiger partial charge in [-0.25, -0.2) is 4.98 Å². The largest absolute Gasteiger partial charge is 0.361 e. The normalized spacial score (nSPS) is 18.2. The highest BCUT2D eigenvalue weighted by Gasteiger charge is 2.22. The summed E-state index contributed by atoms with van der Waals surface area (Å²) in [6, 6.07) is 8.80. The van der Waals surface area contributed by atoms with Gasteiger partial charge in [-0.3, -0.25) is 4.79 Å².